The summed E-state index contributed by atoms with van der Waals surface area (Å²) in [4.78, 5) is 8.17. The second-order valence-electron chi connectivity index (χ2n) is 3.53. The van der Waals surface area contributed by atoms with E-state index in [-0.39, 0.29) is 0 Å². The molecule has 2 aromatic rings. The van der Waals surface area contributed by atoms with E-state index in [9.17, 15) is 0 Å². The van der Waals surface area contributed by atoms with Gasteiger partial charge >= 0.3 is 0 Å². The van der Waals surface area contributed by atoms with E-state index in [0.717, 1.165) is 22.0 Å². The molecule has 0 bridgehead atoms. The Hall–Kier alpha value is -1.61. The zero-order valence-electron chi connectivity index (χ0n) is 8.94. The number of rotatable bonds is 3. The molecule has 0 atom stereocenters. The molecule has 0 aliphatic heterocycles. The van der Waals surface area contributed by atoms with Gasteiger partial charge in [0, 0.05) is 12.4 Å². The van der Waals surface area contributed by atoms with Gasteiger partial charge in [0.25, 0.3) is 0 Å². The zero-order chi connectivity index (χ0) is 11.4. The molecule has 0 radical (unpaired) electrons. The van der Waals surface area contributed by atoms with E-state index in [1.54, 1.807) is 18.6 Å². The van der Waals surface area contributed by atoms with Gasteiger partial charge in [0.05, 0.1) is 29.1 Å². The minimum atomic E-state index is 0.622. The van der Waals surface area contributed by atoms with E-state index in [1.165, 1.54) is 0 Å². The van der Waals surface area contributed by atoms with E-state index in [1.807, 2.05) is 25.1 Å². The second kappa shape index (κ2) is 4.94. The van der Waals surface area contributed by atoms with E-state index in [2.05, 4.69) is 15.3 Å². The number of nitrogens with one attached hydrogen (secondary N) is 1. The molecule has 0 fully saturated rings. The maximum absolute atomic E-state index is 6.10. The first kappa shape index (κ1) is 10.9. The molecule has 1 heterocycles. The molecule has 1 aromatic heterocycles. The van der Waals surface area contributed by atoms with Gasteiger partial charge in [0.1, 0.15) is 0 Å². The maximum atomic E-state index is 6.10. The van der Waals surface area contributed by atoms with Gasteiger partial charge in [-0.25, -0.2) is 0 Å². The van der Waals surface area contributed by atoms with Crippen LogP contribution in [0.3, 0.4) is 0 Å². The minimum Gasteiger partial charge on any atom is -0.378 e. The first-order valence-electron chi connectivity index (χ1n) is 5.00. The number of hydrogen-bond acceptors (Lipinski definition) is 3. The van der Waals surface area contributed by atoms with Crippen molar-refractivity contribution in [2.24, 2.45) is 0 Å². The number of aromatic nitrogens is 2. The lowest BCUT2D eigenvalue weighted by molar-refractivity contribution is 1.01. The first-order chi connectivity index (χ1) is 7.75. The summed E-state index contributed by atoms with van der Waals surface area (Å²) in [5.74, 6) is 0. The predicted molar refractivity (Wildman–Crippen MR) is 65.5 cm³/mol. The van der Waals surface area contributed by atoms with Gasteiger partial charge in [-0.15, -0.1) is 0 Å². The van der Waals surface area contributed by atoms with E-state index in [0.29, 0.717) is 6.54 Å². The third-order valence-corrected chi connectivity index (χ3v) is 2.51. The van der Waals surface area contributed by atoms with Gasteiger partial charge < -0.3 is 5.32 Å². The Balaban J connectivity index is 2.05. The third kappa shape index (κ3) is 2.70. The van der Waals surface area contributed by atoms with Crippen molar-refractivity contribution in [2.45, 2.75) is 13.5 Å². The number of halogens is 1. The SMILES string of the molecule is Cc1ccc(NCc2cnccn2)c(Cl)c1. The number of hydrogen-bond donors (Lipinski definition) is 1. The molecule has 0 unspecified atom stereocenters. The molecule has 0 saturated heterocycles. The van der Waals surface area contributed by atoms with Crippen LogP contribution in [-0.4, -0.2) is 9.97 Å². The van der Waals surface area contributed by atoms with Crippen LogP contribution in [0, 0.1) is 6.92 Å². The van der Waals surface area contributed by atoms with E-state index in [4.69, 9.17) is 11.6 Å². The van der Waals surface area contributed by atoms with Gasteiger partial charge in [-0.2, -0.15) is 0 Å². The average Bonchev–Trinajstić information content (AvgIpc) is 2.29. The molecule has 3 nitrogen and oxygen atoms in total. The number of nitrogens with zero attached hydrogens (tertiary/aromatic N) is 2. The molecule has 1 aromatic carbocycles. The van der Waals surface area contributed by atoms with Crippen molar-refractivity contribution >= 4 is 17.3 Å². The first-order valence-corrected chi connectivity index (χ1v) is 5.38. The van der Waals surface area contributed by atoms with Crippen molar-refractivity contribution in [3.05, 3.63) is 53.1 Å². The van der Waals surface area contributed by atoms with Crippen LogP contribution in [0.1, 0.15) is 11.3 Å². The summed E-state index contributed by atoms with van der Waals surface area (Å²) in [6.07, 6.45) is 5.06. The highest BCUT2D eigenvalue weighted by molar-refractivity contribution is 6.33. The highest BCUT2D eigenvalue weighted by Crippen LogP contribution is 2.22. The Bertz CT molecular complexity index is 471. The van der Waals surface area contributed by atoms with Gasteiger partial charge in [-0.05, 0) is 24.6 Å². The maximum Gasteiger partial charge on any atom is 0.0777 e. The monoisotopic (exact) mass is 233 g/mol. The van der Waals surface area contributed by atoms with Crippen LogP contribution in [0.5, 0.6) is 0 Å². The smallest absolute Gasteiger partial charge is 0.0777 e. The third-order valence-electron chi connectivity index (χ3n) is 2.20. The van der Waals surface area contributed by atoms with Gasteiger partial charge in [-0.3, -0.25) is 9.97 Å². The summed E-state index contributed by atoms with van der Waals surface area (Å²) in [5.41, 5.74) is 2.95. The topological polar surface area (TPSA) is 37.8 Å². The summed E-state index contributed by atoms with van der Waals surface area (Å²) in [7, 11) is 0. The van der Waals surface area contributed by atoms with Crippen LogP contribution < -0.4 is 5.32 Å². The van der Waals surface area contributed by atoms with Crippen molar-refractivity contribution in [1.29, 1.82) is 0 Å². The van der Waals surface area contributed by atoms with E-state index >= 15 is 0 Å². The lowest BCUT2D eigenvalue weighted by Gasteiger charge is -2.08. The van der Waals surface area contributed by atoms with Crippen LogP contribution in [0.2, 0.25) is 5.02 Å². The molecule has 0 aliphatic carbocycles. The molecule has 0 aliphatic rings. The van der Waals surface area contributed by atoms with Crippen molar-refractivity contribution in [3.8, 4) is 0 Å². The van der Waals surface area contributed by atoms with E-state index < -0.39 is 0 Å². The summed E-state index contributed by atoms with van der Waals surface area (Å²) < 4.78 is 0. The Kier molecular flexibility index (Phi) is 3.37. The molecule has 2 rings (SSSR count). The van der Waals surface area contributed by atoms with Crippen LogP contribution in [-0.2, 0) is 6.54 Å². The lowest BCUT2D eigenvalue weighted by Crippen LogP contribution is -2.02. The van der Waals surface area contributed by atoms with Crippen molar-refractivity contribution in [2.75, 3.05) is 5.32 Å². The van der Waals surface area contributed by atoms with Crippen molar-refractivity contribution in [1.82, 2.24) is 9.97 Å². The number of anilines is 1. The average molecular weight is 234 g/mol. The zero-order valence-corrected chi connectivity index (χ0v) is 9.70. The van der Waals surface area contributed by atoms with Gasteiger partial charge in [-0.1, -0.05) is 17.7 Å². The standard InChI is InChI=1S/C12H12ClN3/c1-9-2-3-12(11(13)6-9)16-8-10-7-14-4-5-15-10/h2-7,16H,8H2,1H3. The Morgan fingerprint density at radius 3 is 2.88 bits per heavy atom. The van der Waals surface area contributed by atoms with Crippen molar-refractivity contribution < 1.29 is 0 Å². The second-order valence-corrected chi connectivity index (χ2v) is 3.94. The number of benzene rings is 1. The van der Waals surface area contributed by atoms with Crippen LogP contribution in [0.15, 0.2) is 36.8 Å². The molecular formula is C12H12ClN3. The highest BCUT2D eigenvalue weighted by Gasteiger charge is 2.00. The molecule has 0 saturated carbocycles. The number of aryl methyl sites for hydroxylation is 1. The summed E-state index contributed by atoms with van der Waals surface area (Å²) in [5, 5.41) is 3.95. The molecule has 1 N–H and O–H groups in total. The Morgan fingerprint density at radius 2 is 2.19 bits per heavy atom. The fourth-order valence-electron chi connectivity index (χ4n) is 1.37. The van der Waals surface area contributed by atoms with Crippen LogP contribution in [0.25, 0.3) is 0 Å². The van der Waals surface area contributed by atoms with Crippen molar-refractivity contribution in [3.63, 3.8) is 0 Å². The Morgan fingerprint density at radius 1 is 1.31 bits per heavy atom. The fourth-order valence-corrected chi connectivity index (χ4v) is 1.67. The summed E-state index contributed by atoms with van der Waals surface area (Å²) in [6, 6.07) is 5.92. The molecule has 0 amide bonds. The van der Waals surface area contributed by atoms with Crippen LogP contribution in [0.4, 0.5) is 5.69 Å². The Labute approximate surface area is 99.5 Å². The largest absolute Gasteiger partial charge is 0.378 e. The summed E-state index contributed by atoms with van der Waals surface area (Å²) in [6.45, 7) is 2.63. The lowest BCUT2D eigenvalue weighted by atomic mass is 10.2. The molecular weight excluding hydrogens is 222 g/mol. The molecule has 82 valence electrons. The van der Waals surface area contributed by atoms with Gasteiger partial charge in [0.2, 0.25) is 0 Å². The predicted octanol–water partition coefficient (Wildman–Crippen LogP) is 3.05. The normalized spacial score (nSPS) is 10.1. The molecule has 4 heteroatoms. The quantitative estimate of drug-likeness (QED) is 0.886. The summed E-state index contributed by atoms with van der Waals surface area (Å²) >= 11 is 6.10. The van der Waals surface area contributed by atoms with Crippen LogP contribution >= 0.6 is 11.6 Å². The van der Waals surface area contributed by atoms with Gasteiger partial charge in [0.15, 0.2) is 0 Å². The minimum absolute atomic E-state index is 0.622. The molecule has 0 spiro atoms. The highest BCUT2D eigenvalue weighted by atomic mass is 35.5. The fraction of sp³-hybridized carbons (Fsp3) is 0.167. The molecule has 16 heavy (non-hydrogen) atoms.